The molecule has 0 aliphatic heterocycles. The van der Waals surface area contributed by atoms with Gasteiger partial charge in [-0.25, -0.2) is 0 Å². The number of aromatic nitrogens is 2. The first kappa shape index (κ1) is 17.0. The van der Waals surface area contributed by atoms with Crippen molar-refractivity contribution >= 4 is 5.91 Å². The van der Waals surface area contributed by atoms with Crippen molar-refractivity contribution in [3.8, 4) is 11.5 Å². The van der Waals surface area contributed by atoms with Gasteiger partial charge in [-0.2, -0.15) is 5.10 Å². The predicted octanol–water partition coefficient (Wildman–Crippen LogP) is 2.43. The Morgan fingerprint density at radius 3 is 2.80 bits per heavy atom. The lowest BCUT2D eigenvalue weighted by atomic mass is 10.1. The maximum Gasteiger partial charge on any atom is 0.233 e. The zero-order valence-electron chi connectivity index (χ0n) is 14.2. The molecule has 0 saturated carbocycles. The van der Waals surface area contributed by atoms with Gasteiger partial charge in [0.25, 0.3) is 0 Å². The van der Waals surface area contributed by atoms with Crippen molar-refractivity contribution < 1.29 is 9.21 Å². The number of H-pyrrole nitrogens is 1. The summed E-state index contributed by atoms with van der Waals surface area (Å²) in [7, 11) is 0. The number of aryl methyl sites for hydroxylation is 1. The lowest BCUT2D eigenvalue weighted by Crippen LogP contribution is -2.34. The van der Waals surface area contributed by atoms with Gasteiger partial charge in [-0.1, -0.05) is 30.3 Å². The van der Waals surface area contributed by atoms with E-state index in [-0.39, 0.29) is 12.5 Å². The highest BCUT2D eigenvalue weighted by Crippen LogP contribution is 2.23. The third-order valence-electron chi connectivity index (χ3n) is 3.88. The molecule has 1 amide bonds. The number of benzene rings is 1. The van der Waals surface area contributed by atoms with E-state index in [9.17, 15) is 4.79 Å². The molecule has 3 rings (SSSR count). The number of nitrogens with zero attached hydrogens (tertiary/aromatic N) is 1. The Morgan fingerprint density at radius 1 is 1.20 bits per heavy atom. The summed E-state index contributed by atoms with van der Waals surface area (Å²) in [5.74, 6) is 1.58. The van der Waals surface area contributed by atoms with Gasteiger partial charge >= 0.3 is 0 Å². The van der Waals surface area contributed by atoms with E-state index in [1.54, 1.807) is 6.20 Å². The Hall–Kier alpha value is -2.86. The van der Waals surface area contributed by atoms with Crippen molar-refractivity contribution in [1.29, 1.82) is 0 Å². The largest absolute Gasteiger partial charge is 0.460 e. The molecular formula is C19H22N4O2. The maximum absolute atomic E-state index is 11.9. The van der Waals surface area contributed by atoms with Gasteiger partial charge in [-0.3, -0.25) is 9.89 Å². The first-order chi connectivity index (χ1) is 12.2. The number of hydrogen-bond donors (Lipinski definition) is 3. The molecule has 0 atom stereocenters. The Bertz CT molecular complexity index is 808. The first-order valence-electron chi connectivity index (χ1n) is 8.33. The molecule has 0 radical (unpaired) electrons. The van der Waals surface area contributed by atoms with Crippen LogP contribution in [0.4, 0.5) is 0 Å². The van der Waals surface area contributed by atoms with E-state index in [0.717, 1.165) is 29.2 Å². The van der Waals surface area contributed by atoms with Gasteiger partial charge in [0.1, 0.15) is 11.5 Å². The summed E-state index contributed by atoms with van der Waals surface area (Å²) >= 11 is 0. The molecule has 0 aliphatic rings. The molecule has 25 heavy (non-hydrogen) atoms. The molecule has 0 aliphatic carbocycles. The van der Waals surface area contributed by atoms with Crippen LogP contribution >= 0.6 is 0 Å². The summed E-state index contributed by atoms with van der Waals surface area (Å²) in [5.41, 5.74) is 3.02. The van der Waals surface area contributed by atoms with Crippen LogP contribution in [0.3, 0.4) is 0 Å². The zero-order valence-corrected chi connectivity index (χ0v) is 14.2. The minimum Gasteiger partial charge on any atom is -0.460 e. The van der Waals surface area contributed by atoms with E-state index in [2.05, 4.69) is 33.0 Å². The molecule has 2 aromatic heterocycles. The Balaban J connectivity index is 1.41. The highest BCUT2D eigenvalue weighted by atomic mass is 16.3. The molecule has 130 valence electrons. The van der Waals surface area contributed by atoms with Gasteiger partial charge in [0.2, 0.25) is 5.91 Å². The number of nitrogens with one attached hydrogen (secondary N) is 3. The average molecular weight is 338 g/mol. The van der Waals surface area contributed by atoms with Crippen molar-refractivity contribution in [2.45, 2.75) is 19.9 Å². The van der Waals surface area contributed by atoms with Gasteiger partial charge in [-0.05, 0) is 31.0 Å². The highest BCUT2D eigenvalue weighted by Gasteiger charge is 2.11. The van der Waals surface area contributed by atoms with Gasteiger partial charge in [0.15, 0.2) is 5.76 Å². The van der Waals surface area contributed by atoms with Gasteiger partial charge in [0, 0.05) is 18.7 Å². The van der Waals surface area contributed by atoms with Crippen LogP contribution in [0.2, 0.25) is 0 Å². The number of furan rings is 1. The van der Waals surface area contributed by atoms with E-state index in [1.165, 1.54) is 5.56 Å². The zero-order chi connectivity index (χ0) is 17.5. The van der Waals surface area contributed by atoms with Gasteiger partial charge in [-0.15, -0.1) is 0 Å². The maximum atomic E-state index is 11.9. The molecule has 6 nitrogen and oxygen atoms in total. The summed E-state index contributed by atoms with van der Waals surface area (Å²) in [5, 5.41) is 13.1. The number of hydrogen-bond acceptors (Lipinski definition) is 4. The quantitative estimate of drug-likeness (QED) is 0.589. The average Bonchev–Trinajstić information content (AvgIpc) is 3.24. The lowest BCUT2D eigenvalue weighted by Gasteiger charge is -2.07. The second-order valence-corrected chi connectivity index (χ2v) is 5.87. The minimum atomic E-state index is -0.0187. The van der Waals surface area contributed by atoms with Crippen molar-refractivity contribution in [3.05, 3.63) is 65.5 Å². The van der Waals surface area contributed by atoms with Crippen LogP contribution in [-0.2, 0) is 17.8 Å². The van der Waals surface area contributed by atoms with Crippen LogP contribution in [0.25, 0.3) is 11.5 Å². The molecular weight excluding hydrogens is 316 g/mol. The van der Waals surface area contributed by atoms with Crippen LogP contribution < -0.4 is 10.6 Å². The molecule has 3 aromatic rings. The Labute approximate surface area is 146 Å². The van der Waals surface area contributed by atoms with E-state index in [4.69, 9.17) is 4.42 Å². The standard InChI is InChI=1S/C19H22N4O2/c1-14-7-8-17(25-14)19-16(12-22-23-19)11-20-13-18(24)21-10-9-15-5-3-2-4-6-15/h2-8,12,20H,9-11,13H2,1H3,(H,21,24)(H,22,23). The molecule has 3 N–H and O–H groups in total. The highest BCUT2D eigenvalue weighted by molar-refractivity contribution is 5.78. The van der Waals surface area contributed by atoms with Crippen LogP contribution in [0.15, 0.2) is 53.1 Å². The van der Waals surface area contributed by atoms with Crippen LogP contribution in [-0.4, -0.2) is 29.2 Å². The fraction of sp³-hybridized carbons (Fsp3) is 0.263. The van der Waals surface area contributed by atoms with Crippen LogP contribution in [0, 0.1) is 6.92 Å². The molecule has 0 saturated heterocycles. The normalized spacial score (nSPS) is 10.8. The van der Waals surface area contributed by atoms with Gasteiger partial charge < -0.3 is 15.1 Å². The Kier molecular flexibility index (Phi) is 5.64. The number of rotatable bonds is 8. The lowest BCUT2D eigenvalue weighted by molar-refractivity contribution is -0.120. The third-order valence-corrected chi connectivity index (χ3v) is 3.88. The number of carbonyl (C=O) groups is 1. The smallest absolute Gasteiger partial charge is 0.233 e. The molecule has 0 bridgehead atoms. The summed E-state index contributed by atoms with van der Waals surface area (Å²) in [6.07, 6.45) is 2.57. The molecule has 2 heterocycles. The van der Waals surface area contributed by atoms with Crippen LogP contribution in [0.5, 0.6) is 0 Å². The topological polar surface area (TPSA) is 83.0 Å². The fourth-order valence-electron chi connectivity index (χ4n) is 2.59. The molecule has 0 spiro atoms. The van der Waals surface area contributed by atoms with Crippen molar-refractivity contribution in [2.24, 2.45) is 0 Å². The molecule has 0 fully saturated rings. The predicted molar refractivity (Wildman–Crippen MR) is 95.9 cm³/mol. The van der Waals surface area contributed by atoms with E-state index < -0.39 is 0 Å². The monoisotopic (exact) mass is 338 g/mol. The molecule has 0 unspecified atom stereocenters. The SMILES string of the molecule is Cc1ccc(-c2[nH]ncc2CNCC(=O)NCCc2ccccc2)o1. The second-order valence-electron chi connectivity index (χ2n) is 5.87. The van der Waals surface area contributed by atoms with E-state index in [1.807, 2.05) is 37.3 Å². The number of aromatic amines is 1. The second kappa shape index (κ2) is 8.30. The van der Waals surface area contributed by atoms with Crippen molar-refractivity contribution in [3.63, 3.8) is 0 Å². The Morgan fingerprint density at radius 2 is 2.04 bits per heavy atom. The summed E-state index contributed by atoms with van der Waals surface area (Å²) in [6, 6.07) is 13.9. The fourth-order valence-corrected chi connectivity index (χ4v) is 2.59. The number of carbonyl (C=O) groups excluding carboxylic acids is 1. The first-order valence-corrected chi connectivity index (χ1v) is 8.33. The number of amides is 1. The summed E-state index contributed by atoms with van der Waals surface area (Å²) in [4.78, 5) is 11.9. The molecule has 1 aromatic carbocycles. The van der Waals surface area contributed by atoms with Crippen molar-refractivity contribution in [2.75, 3.05) is 13.1 Å². The molecule has 6 heteroatoms. The summed E-state index contributed by atoms with van der Waals surface area (Å²) < 4.78 is 5.61. The van der Waals surface area contributed by atoms with E-state index in [0.29, 0.717) is 13.1 Å². The van der Waals surface area contributed by atoms with Crippen LogP contribution in [0.1, 0.15) is 16.9 Å². The van der Waals surface area contributed by atoms with Gasteiger partial charge in [0.05, 0.1) is 12.7 Å². The van der Waals surface area contributed by atoms with Crippen molar-refractivity contribution in [1.82, 2.24) is 20.8 Å². The minimum absolute atomic E-state index is 0.0187. The third kappa shape index (κ3) is 4.81. The van der Waals surface area contributed by atoms with E-state index >= 15 is 0 Å². The summed E-state index contributed by atoms with van der Waals surface area (Å²) in [6.45, 7) is 3.33.